The zero-order chi connectivity index (χ0) is 14.0. The van der Waals surface area contributed by atoms with Crippen LogP contribution in [0.4, 0.5) is 10.1 Å². The molecule has 2 aromatic rings. The Kier molecular flexibility index (Phi) is 4.39. The second-order valence-electron chi connectivity index (χ2n) is 3.57. The molecule has 0 atom stereocenters. The summed E-state index contributed by atoms with van der Waals surface area (Å²) in [5, 5.41) is 2.92. The number of hydrogen-bond donors (Lipinski definition) is 1. The van der Waals surface area contributed by atoms with Crippen molar-refractivity contribution in [3.8, 4) is 0 Å². The third-order valence-corrected chi connectivity index (χ3v) is 3.58. The Morgan fingerprint density at radius 2 is 2.05 bits per heavy atom. The van der Waals surface area contributed by atoms with Gasteiger partial charge in [-0.2, -0.15) is 0 Å². The maximum Gasteiger partial charge on any atom is 0.257 e. The van der Waals surface area contributed by atoms with E-state index in [1.165, 1.54) is 30.5 Å². The molecule has 19 heavy (non-hydrogen) atoms. The molecule has 3 nitrogen and oxygen atoms in total. The molecule has 1 N–H and O–H groups in total. The lowest BCUT2D eigenvalue weighted by Gasteiger charge is -2.07. The fourth-order valence-corrected chi connectivity index (χ4v) is 2.05. The van der Waals surface area contributed by atoms with Crippen LogP contribution in [0.5, 0.6) is 0 Å². The average Bonchev–Trinajstić information content (AvgIpc) is 2.36. The van der Waals surface area contributed by atoms with Gasteiger partial charge in [0, 0.05) is 10.7 Å². The predicted octanol–water partition coefficient (Wildman–Crippen LogP) is 4.54. The van der Waals surface area contributed by atoms with Gasteiger partial charge in [0.2, 0.25) is 0 Å². The molecule has 0 saturated carbocycles. The summed E-state index contributed by atoms with van der Waals surface area (Å²) in [6.07, 6.45) is 1.31. The number of carbonyl (C=O) groups is 1. The van der Waals surface area contributed by atoms with Crippen molar-refractivity contribution in [3.05, 3.63) is 56.5 Å². The number of rotatable bonds is 2. The Balaban J connectivity index is 2.23. The predicted molar refractivity (Wildman–Crippen MR) is 76.3 cm³/mol. The number of halogens is 4. The number of hydrogen-bond acceptors (Lipinski definition) is 2. The highest BCUT2D eigenvalue weighted by Crippen LogP contribution is 2.24. The van der Waals surface area contributed by atoms with E-state index < -0.39 is 11.7 Å². The molecule has 0 radical (unpaired) electrons. The molecule has 98 valence electrons. The van der Waals surface area contributed by atoms with Crippen LogP contribution in [0.1, 0.15) is 10.4 Å². The molecule has 1 aromatic carbocycles. The third-order valence-electron chi connectivity index (χ3n) is 2.24. The van der Waals surface area contributed by atoms with E-state index in [0.717, 1.165) is 0 Å². The molecule has 0 aliphatic rings. The first-order chi connectivity index (χ1) is 8.97. The normalized spacial score (nSPS) is 10.3. The van der Waals surface area contributed by atoms with Crippen molar-refractivity contribution in [3.63, 3.8) is 0 Å². The summed E-state index contributed by atoms with van der Waals surface area (Å²) in [5.74, 6) is -0.820. The van der Waals surface area contributed by atoms with Crippen molar-refractivity contribution >= 4 is 50.7 Å². The average molecular weight is 364 g/mol. The van der Waals surface area contributed by atoms with Crippen molar-refractivity contribution in [1.29, 1.82) is 0 Å². The van der Waals surface area contributed by atoms with E-state index in [-0.39, 0.29) is 15.7 Å². The van der Waals surface area contributed by atoms with Crippen LogP contribution in [-0.4, -0.2) is 10.9 Å². The largest absolute Gasteiger partial charge is 0.321 e. The fourth-order valence-electron chi connectivity index (χ4n) is 1.33. The third kappa shape index (κ3) is 3.43. The van der Waals surface area contributed by atoms with E-state index in [2.05, 4.69) is 26.2 Å². The minimum absolute atomic E-state index is 0.126. The SMILES string of the molecule is O=C(Nc1ccc(F)cc1Br)c1cnc(Cl)c(Cl)c1. The van der Waals surface area contributed by atoms with Gasteiger partial charge in [0.25, 0.3) is 5.91 Å². The molecular weight excluding hydrogens is 358 g/mol. The second kappa shape index (κ2) is 5.86. The lowest BCUT2D eigenvalue weighted by molar-refractivity contribution is 0.102. The molecule has 7 heteroatoms. The Bertz CT molecular complexity index is 652. The number of carbonyl (C=O) groups excluding carboxylic acids is 1. The van der Waals surface area contributed by atoms with Gasteiger partial charge >= 0.3 is 0 Å². The lowest BCUT2D eigenvalue weighted by Crippen LogP contribution is -2.12. The van der Waals surface area contributed by atoms with Gasteiger partial charge in [-0.3, -0.25) is 4.79 Å². The topological polar surface area (TPSA) is 42.0 Å². The molecule has 0 fully saturated rings. The molecule has 0 saturated heterocycles. The summed E-state index contributed by atoms with van der Waals surface area (Å²) < 4.78 is 13.4. The summed E-state index contributed by atoms with van der Waals surface area (Å²) in [4.78, 5) is 15.7. The number of anilines is 1. The molecule has 0 bridgehead atoms. The van der Waals surface area contributed by atoms with Crippen LogP contribution in [-0.2, 0) is 0 Å². The maximum absolute atomic E-state index is 12.9. The summed E-state index contributed by atoms with van der Waals surface area (Å²) in [6, 6.07) is 5.35. The van der Waals surface area contributed by atoms with Crippen LogP contribution in [0.3, 0.4) is 0 Å². The molecule has 2 rings (SSSR count). The van der Waals surface area contributed by atoms with Crippen LogP contribution in [0.2, 0.25) is 10.2 Å². The second-order valence-corrected chi connectivity index (χ2v) is 5.19. The highest BCUT2D eigenvalue weighted by Gasteiger charge is 2.11. The first-order valence-corrected chi connectivity index (χ1v) is 6.59. The van der Waals surface area contributed by atoms with Crippen molar-refractivity contribution in [2.45, 2.75) is 0 Å². The van der Waals surface area contributed by atoms with Crippen LogP contribution >= 0.6 is 39.1 Å². The van der Waals surface area contributed by atoms with E-state index in [9.17, 15) is 9.18 Å². The van der Waals surface area contributed by atoms with Gasteiger partial charge in [-0.25, -0.2) is 9.37 Å². The molecular formula is C12H6BrCl2FN2O. The molecule has 1 amide bonds. The molecule has 1 aromatic heterocycles. The van der Waals surface area contributed by atoms with E-state index in [1.54, 1.807) is 0 Å². The van der Waals surface area contributed by atoms with E-state index in [1.807, 2.05) is 0 Å². The van der Waals surface area contributed by atoms with E-state index in [4.69, 9.17) is 23.2 Å². The fraction of sp³-hybridized carbons (Fsp3) is 0. The van der Waals surface area contributed by atoms with Crippen LogP contribution in [0.15, 0.2) is 34.9 Å². The number of amides is 1. The van der Waals surface area contributed by atoms with Crippen LogP contribution in [0, 0.1) is 5.82 Å². The number of nitrogens with one attached hydrogen (secondary N) is 1. The Morgan fingerprint density at radius 3 is 2.68 bits per heavy atom. The van der Waals surface area contributed by atoms with Crippen molar-refractivity contribution < 1.29 is 9.18 Å². The van der Waals surface area contributed by atoms with Crippen molar-refractivity contribution in [2.75, 3.05) is 5.32 Å². The number of nitrogens with zero attached hydrogens (tertiary/aromatic N) is 1. The molecule has 0 spiro atoms. The number of aromatic nitrogens is 1. The van der Waals surface area contributed by atoms with Gasteiger partial charge in [-0.05, 0) is 40.2 Å². The van der Waals surface area contributed by atoms with Crippen LogP contribution in [0.25, 0.3) is 0 Å². The van der Waals surface area contributed by atoms with Gasteiger partial charge in [0.15, 0.2) is 0 Å². The molecule has 0 aliphatic carbocycles. The minimum Gasteiger partial charge on any atom is -0.321 e. The zero-order valence-electron chi connectivity index (χ0n) is 9.25. The summed E-state index contributed by atoms with van der Waals surface area (Å²) in [7, 11) is 0. The highest BCUT2D eigenvalue weighted by atomic mass is 79.9. The first kappa shape index (κ1) is 14.2. The standard InChI is InChI=1S/C12H6BrCl2FN2O/c13-8-4-7(16)1-2-10(8)18-12(19)6-3-9(14)11(15)17-5-6/h1-5H,(H,18,19). The Hall–Kier alpha value is -1.17. The van der Waals surface area contributed by atoms with Gasteiger partial charge in [-0.1, -0.05) is 23.2 Å². The van der Waals surface area contributed by atoms with Crippen LogP contribution < -0.4 is 5.32 Å². The molecule has 1 heterocycles. The quantitative estimate of drug-likeness (QED) is 0.795. The highest BCUT2D eigenvalue weighted by molar-refractivity contribution is 9.10. The van der Waals surface area contributed by atoms with Gasteiger partial charge in [0.05, 0.1) is 16.3 Å². The minimum atomic E-state index is -0.418. The van der Waals surface area contributed by atoms with Gasteiger partial charge < -0.3 is 5.32 Å². The van der Waals surface area contributed by atoms with E-state index in [0.29, 0.717) is 10.2 Å². The van der Waals surface area contributed by atoms with Gasteiger partial charge in [-0.15, -0.1) is 0 Å². The first-order valence-electron chi connectivity index (χ1n) is 5.05. The molecule has 0 unspecified atom stereocenters. The Labute approximate surface area is 126 Å². The summed E-state index contributed by atoms with van der Waals surface area (Å²) >= 11 is 14.6. The maximum atomic E-state index is 12.9. The monoisotopic (exact) mass is 362 g/mol. The number of benzene rings is 1. The van der Waals surface area contributed by atoms with Crippen molar-refractivity contribution in [2.24, 2.45) is 0 Å². The summed E-state index contributed by atoms with van der Waals surface area (Å²) in [6.45, 7) is 0. The van der Waals surface area contributed by atoms with Crippen molar-refractivity contribution in [1.82, 2.24) is 4.98 Å². The van der Waals surface area contributed by atoms with Gasteiger partial charge in [0.1, 0.15) is 11.0 Å². The summed E-state index contributed by atoms with van der Waals surface area (Å²) in [5.41, 5.74) is 0.697. The lowest BCUT2D eigenvalue weighted by atomic mass is 10.2. The number of pyridine rings is 1. The molecule has 0 aliphatic heterocycles. The van der Waals surface area contributed by atoms with E-state index >= 15 is 0 Å². The smallest absolute Gasteiger partial charge is 0.257 e. The zero-order valence-corrected chi connectivity index (χ0v) is 12.4. The Morgan fingerprint density at radius 1 is 1.32 bits per heavy atom.